The number of nitrogens with zero attached hydrogens (tertiary/aromatic N) is 2. The smallest absolute Gasteiger partial charge is 0.338 e. The average Bonchev–Trinajstić information content (AvgIpc) is 2.61. The number of allylic oxidation sites excluding steroid dienone is 1. The highest BCUT2D eigenvalue weighted by atomic mass is 35.5. The molecule has 5 nitrogen and oxygen atoms in total. The van der Waals surface area contributed by atoms with E-state index in [4.69, 9.17) is 27.9 Å². The Morgan fingerprint density at radius 2 is 2.28 bits per heavy atom. The highest BCUT2D eigenvalue weighted by Crippen LogP contribution is 2.36. The van der Waals surface area contributed by atoms with Crippen LogP contribution in [-0.4, -0.2) is 37.6 Å². The minimum absolute atomic E-state index is 0.00685. The van der Waals surface area contributed by atoms with Crippen LogP contribution in [0.4, 0.5) is 4.39 Å². The molecule has 1 aliphatic rings. The molecule has 0 bridgehead atoms. The van der Waals surface area contributed by atoms with E-state index in [1.54, 1.807) is 7.05 Å². The normalized spacial score (nSPS) is 17.7. The first kappa shape index (κ1) is 19.1. The molecule has 0 spiro atoms. The van der Waals surface area contributed by atoms with Crippen LogP contribution in [0.1, 0.15) is 11.6 Å². The summed E-state index contributed by atoms with van der Waals surface area (Å²) in [6.45, 7) is 3.69. The Hall–Kier alpha value is -2.18. The molecule has 132 valence electrons. The van der Waals surface area contributed by atoms with Crippen LogP contribution in [0.15, 0.2) is 52.1 Å². The molecule has 1 heterocycles. The van der Waals surface area contributed by atoms with Gasteiger partial charge in [0, 0.05) is 23.3 Å². The molecule has 2 rings (SSSR count). The molecule has 1 aromatic rings. The number of carbonyl (C=O) groups is 1. The maximum atomic E-state index is 13.4. The van der Waals surface area contributed by atoms with Crippen LogP contribution in [0.3, 0.4) is 0 Å². The third-order valence-electron chi connectivity index (χ3n) is 3.60. The van der Waals surface area contributed by atoms with Crippen LogP contribution in [0.5, 0.6) is 0 Å². The molecule has 1 aromatic carbocycles. The van der Waals surface area contributed by atoms with Crippen LogP contribution in [0.2, 0.25) is 5.02 Å². The van der Waals surface area contributed by atoms with Crippen LogP contribution in [0, 0.1) is 5.82 Å². The summed E-state index contributed by atoms with van der Waals surface area (Å²) in [5, 5.41) is 3.12. The Labute approximate surface area is 154 Å². The average molecular weight is 384 g/mol. The first-order valence-corrected chi connectivity index (χ1v) is 8.14. The maximum Gasteiger partial charge on any atom is 0.338 e. The van der Waals surface area contributed by atoms with Gasteiger partial charge in [0.1, 0.15) is 11.9 Å². The fourth-order valence-electron chi connectivity index (χ4n) is 2.42. The number of hydrogen-bond donors (Lipinski definition) is 1. The van der Waals surface area contributed by atoms with Crippen molar-refractivity contribution in [1.29, 1.82) is 0 Å². The minimum Gasteiger partial charge on any atom is -0.466 e. The van der Waals surface area contributed by atoms with Gasteiger partial charge in [-0.3, -0.25) is 9.98 Å². The Balaban J connectivity index is 2.68. The van der Waals surface area contributed by atoms with Gasteiger partial charge in [0.2, 0.25) is 0 Å². The quantitative estimate of drug-likeness (QED) is 0.481. The minimum atomic E-state index is -0.817. The lowest BCUT2D eigenvalue weighted by Crippen LogP contribution is -2.37. The second-order valence-electron chi connectivity index (χ2n) is 5.00. The van der Waals surface area contributed by atoms with Crippen molar-refractivity contribution in [3.05, 3.63) is 58.5 Å². The van der Waals surface area contributed by atoms with E-state index in [-0.39, 0.29) is 16.5 Å². The van der Waals surface area contributed by atoms with Gasteiger partial charge in [-0.1, -0.05) is 24.2 Å². The molecule has 0 amide bonds. The van der Waals surface area contributed by atoms with Crippen molar-refractivity contribution in [2.75, 3.05) is 20.0 Å². The second kappa shape index (κ2) is 8.27. The topological polar surface area (TPSA) is 63.0 Å². The van der Waals surface area contributed by atoms with Crippen LogP contribution in [-0.2, 0) is 9.53 Å². The molecule has 0 saturated carbocycles. The number of nitrogens with one attached hydrogen (secondary N) is 1. The number of halogens is 3. The van der Waals surface area contributed by atoms with E-state index < -0.39 is 17.8 Å². The van der Waals surface area contributed by atoms with E-state index in [1.807, 2.05) is 0 Å². The van der Waals surface area contributed by atoms with Gasteiger partial charge in [0.05, 0.1) is 24.3 Å². The zero-order valence-corrected chi connectivity index (χ0v) is 15.2. The predicted molar refractivity (Wildman–Crippen MR) is 98.0 cm³/mol. The third kappa shape index (κ3) is 3.91. The highest BCUT2D eigenvalue weighted by Gasteiger charge is 2.33. The lowest BCUT2D eigenvalue weighted by molar-refractivity contribution is -0.136. The van der Waals surface area contributed by atoms with E-state index in [0.29, 0.717) is 22.8 Å². The number of ether oxygens (including phenoxy) is 1. The molecule has 0 fully saturated rings. The number of amidine groups is 1. The SMILES string of the molecule is C=CC(=NC)C1=NC(c2ccc(F)cc2Cl)C(C(=O)OC)=C(CCl)N1. The molecular weight excluding hydrogens is 368 g/mol. The van der Waals surface area contributed by atoms with Gasteiger partial charge in [-0.2, -0.15) is 0 Å². The first-order chi connectivity index (χ1) is 12.0. The Morgan fingerprint density at radius 3 is 2.80 bits per heavy atom. The van der Waals surface area contributed by atoms with E-state index in [2.05, 4.69) is 21.9 Å². The summed E-state index contributed by atoms with van der Waals surface area (Å²) in [6.07, 6.45) is 1.52. The molecular formula is C17H16Cl2FN3O2. The number of benzene rings is 1. The van der Waals surface area contributed by atoms with E-state index in [0.717, 1.165) is 6.07 Å². The number of alkyl halides is 1. The summed E-state index contributed by atoms with van der Waals surface area (Å²) < 4.78 is 18.3. The lowest BCUT2D eigenvalue weighted by atomic mass is 9.95. The standard InChI is InChI=1S/C17H16Cl2FN3O2/c1-4-12(21-2)16-22-13(8-18)14(17(24)25-3)15(23-16)10-6-5-9(20)7-11(10)19/h4-7,15H,1,8H2,2-3H3,(H,22,23). The molecule has 0 aromatic heterocycles. The fraction of sp³-hybridized carbons (Fsp3) is 0.235. The van der Waals surface area contributed by atoms with Crippen molar-refractivity contribution in [3.8, 4) is 0 Å². The van der Waals surface area contributed by atoms with Crippen molar-refractivity contribution < 1.29 is 13.9 Å². The second-order valence-corrected chi connectivity index (χ2v) is 5.68. The predicted octanol–water partition coefficient (Wildman–Crippen LogP) is 3.44. The fourth-order valence-corrected chi connectivity index (χ4v) is 2.91. The number of hydrogen-bond acceptors (Lipinski definition) is 5. The molecule has 1 unspecified atom stereocenters. The van der Waals surface area contributed by atoms with Gasteiger partial charge in [-0.25, -0.2) is 9.18 Å². The van der Waals surface area contributed by atoms with Gasteiger partial charge < -0.3 is 10.1 Å². The molecule has 1 atom stereocenters. The number of rotatable bonds is 5. The summed E-state index contributed by atoms with van der Waals surface area (Å²) in [4.78, 5) is 20.9. The Kier molecular flexibility index (Phi) is 6.33. The molecule has 8 heteroatoms. The molecule has 1 N–H and O–H groups in total. The van der Waals surface area contributed by atoms with Crippen molar-refractivity contribution in [1.82, 2.24) is 5.32 Å². The zero-order valence-electron chi connectivity index (χ0n) is 13.6. The van der Waals surface area contributed by atoms with Gasteiger partial charge in [-0.15, -0.1) is 11.6 Å². The largest absolute Gasteiger partial charge is 0.466 e. The number of esters is 1. The summed E-state index contributed by atoms with van der Waals surface area (Å²) in [6, 6.07) is 3.06. The Bertz CT molecular complexity index is 803. The molecule has 0 radical (unpaired) electrons. The number of aliphatic imine (C=N–C) groups is 2. The van der Waals surface area contributed by atoms with Gasteiger partial charge in [0.25, 0.3) is 0 Å². The van der Waals surface area contributed by atoms with E-state index in [1.165, 1.54) is 25.3 Å². The van der Waals surface area contributed by atoms with Crippen molar-refractivity contribution >= 4 is 40.7 Å². The number of carbonyl (C=O) groups excluding carboxylic acids is 1. The van der Waals surface area contributed by atoms with Gasteiger partial charge in [-0.05, 0) is 18.2 Å². The first-order valence-electron chi connectivity index (χ1n) is 7.23. The molecule has 0 saturated heterocycles. The van der Waals surface area contributed by atoms with Crippen molar-refractivity contribution in [2.24, 2.45) is 9.98 Å². The highest BCUT2D eigenvalue weighted by molar-refractivity contribution is 6.46. The van der Waals surface area contributed by atoms with Crippen molar-refractivity contribution in [2.45, 2.75) is 6.04 Å². The Morgan fingerprint density at radius 1 is 1.56 bits per heavy atom. The van der Waals surface area contributed by atoms with Crippen LogP contribution >= 0.6 is 23.2 Å². The zero-order chi connectivity index (χ0) is 18.6. The summed E-state index contributed by atoms with van der Waals surface area (Å²) in [5.41, 5.74) is 1.54. The number of methoxy groups -OCH3 is 1. The summed E-state index contributed by atoms with van der Waals surface area (Å²) in [5.74, 6) is -0.710. The van der Waals surface area contributed by atoms with Gasteiger partial charge in [0.15, 0.2) is 5.84 Å². The maximum absolute atomic E-state index is 13.4. The third-order valence-corrected chi connectivity index (χ3v) is 4.19. The summed E-state index contributed by atoms with van der Waals surface area (Å²) in [7, 11) is 2.84. The van der Waals surface area contributed by atoms with Gasteiger partial charge >= 0.3 is 5.97 Å². The van der Waals surface area contributed by atoms with E-state index in [9.17, 15) is 9.18 Å². The van der Waals surface area contributed by atoms with Crippen molar-refractivity contribution in [3.63, 3.8) is 0 Å². The molecule has 1 aliphatic heterocycles. The monoisotopic (exact) mass is 383 g/mol. The van der Waals surface area contributed by atoms with Crippen LogP contribution < -0.4 is 5.32 Å². The van der Waals surface area contributed by atoms with Crippen LogP contribution in [0.25, 0.3) is 0 Å². The molecule has 25 heavy (non-hydrogen) atoms. The summed E-state index contributed by atoms with van der Waals surface area (Å²) >= 11 is 12.2. The lowest BCUT2D eigenvalue weighted by Gasteiger charge is -2.27. The molecule has 0 aliphatic carbocycles. The van der Waals surface area contributed by atoms with E-state index >= 15 is 0 Å².